The summed E-state index contributed by atoms with van der Waals surface area (Å²) in [5.41, 5.74) is -0.438. The van der Waals surface area contributed by atoms with E-state index in [0.29, 0.717) is 32.7 Å². The van der Waals surface area contributed by atoms with Gasteiger partial charge < -0.3 is 49.8 Å². The molecule has 4 aliphatic heterocycles. The van der Waals surface area contributed by atoms with Crippen LogP contribution in [0.5, 0.6) is 23.0 Å². The van der Waals surface area contributed by atoms with Crippen LogP contribution in [0.15, 0.2) is 41.2 Å². The summed E-state index contributed by atoms with van der Waals surface area (Å²) in [5.74, 6) is -5.87. The summed E-state index contributed by atoms with van der Waals surface area (Å²) in [6, 6.07) is 0. The van der Waals surface area contributed by atoms with Crippen molar-refractivity contribution in [3.63, 3.8) is 0 Å². The predicted octanol–water partition coefficient (Wildman–Crippen LogP) is 4.34. The standard InChI is InChI=1S/C45H58N4O12/c1-11-16-48-17-19-49(20-18-48)46-22-30-35-40(55)33-32(39(30)54)34-42(28(7)38(33)53)61-45(9,43(34)56)59-21-15-31(58-10)25(4)41(60-29(8)50)27(6)37(52)26(5)36(51)23(2)13-12-14-24(3)44(57)47-35/h1,12-15,21-23,25-27,31,36-37,41,51-55H,16-20H2,2-10H3,(H,47,57)/b13-12+,21-15+,24-14+,46-22+. The van der Waals surface area contributed by atoms with Gasteiger partial charge in [0.05, 0.1) is 59.5 Å². The fourth-order valence-corrected chi connectivity index (χ4v) is 8.15. The van der Waals surface area contributed by atoms with Gasteiger partial charge in [-0.1, -0.05) is 51.8 Å². The van der Waals surface area contributed by atoms with E-state index in [4.69, 9.17) is 25.4 Å². The van der Waals surface area contributed by atoms with E-state index < -0.39 is 88.8 Å². The highest BCUT2D eigenvalue weighted by atomic mass is 16.7. The van der Waals surface area contributed by atoms with Crippen LogP contribution in [0.3, 0.4) is 0 Å². The molecule has 0 saturated carbocycles. The number of aliphatic hydroxyl groups is 2. The molecule has 2 aromatic carbocycles. The van der Waals surface area contributed by atoms with Gasteiger partial charge in [-0.15, -0.1) is 6.42 Å². The molecule has 2 aromatic rings. The zero-order chi connectivity index (χ0) is 45.1. The molecule has 0 radical (unpaired) electrons. The Morgan fingerprint density at radius 3 is 2.30 bits per heavy atom. The number of phenols is 3. The molecule has 6 N–H and O–H groups in total. The van der Waals surface area contributed by atoms with E-state index in [1.807, 2.05) is 0 Å². The number of ether oxygens (including phenoxy) is 4. The molecule has 330 valence electrons. The van der Waals surface area contributed by atoms with Gasteiger partial charge in [-0.2, -0.15) is 5.10 Å². The number of benzene rings is 2. The summed E-state index contributed by atoms with van der Waals surface area (Å²) in [7, 11) is 1.43. The number of hydrogen-bond acceptors (Lipinski definition) is 15. The summed E-state index contributed by atoms with van der Waals surface area (Å²) in [5, 5.41) is 66.9. The number of nitrogens with one attached hydrogen (secondary N) is 1. The zero-order valence-electron chi connectivity index (χ0n) is 36.1. The number of methoxy groups -OCH3 is 1. The number of carbonyl (C=O) groups is 3. The second-order valence-electron chi connectivity index (χ2n) is 16.3. The Hall–Kier alpha value is -5.60. The monoisotopic (exact) mass is 846 g/mol. The number of aliphatic hydroxyl groups excluding tert-OH is 2. The SMILES string of the molecule is C#CCN1CCN(/N=C/c2c3c(O)c4c(O)c(C)c5c(c4c2O)C(=O)C(C)(O/C=C/C(OC)C(C)C(OC(C)=O)C(C)C(O)C(C)C(O)C(C)/C=C/C=C(\C)C(=O)N3)O5)CC1. The average molecular weight is 847 g/mol. The predicted molar refractivity (Wildman–Crippen MR) is 228 cm³/mol. The largest absolute Gasteiger partial charge is 0.507 e. The molecule has 1 amide bonds. The Bertz CT molecular complexity index is 2190. The highest BCUT2D eigenvalue weighted by Gasteiger charge is 2.50. The number of phenolic OH excluding ortho intramolecular Hbond substituents is 3. The van der Waals surface area contributed by atoms with E-state index in [1.165, 1.54) is 59.4 Å². The van der Waals surface area contributed by atoms with E-state index in [2.05, 4.69) is 21.2 Å². The molecule has 0 spiro atoms. The number of fused-ring (bicyclic) bond motifs is 14. The van der Waals surface area contributed by atoms with Gasteiger partial charge in [-0.3, -0.25) is 24.3 Å². The number of rotatable bonds is 5. The molecular formula is C45H58N4O12. The maximum Gasteiger partial charge on any atom is 0.312 e. The number of ketones is 1. The molecular weight excluding hydrogens is 789 g/mol. The van der Waals surface area contributed by atoms with Crippen molar-refractivity contribution in [3.8, 4) is 35.3 Å². The first-order chi connectivity index (χ1) is 28.8. The number of allylic oxidation sites excluding steroid dienone is 2. The third-order valence-corrected chi connectivity index (χ3v) is 12.0. The third-order valence-electron chi connectivity index (χ3n) is 12.0. The van der Waals surface area contributed by atoms with Crippen molar-refractivity contribution in [1.82, 2.24) is 9.91 Å². The molecule has 5 bridgehead atoms. The molecule has 4 heterocycles. The van der Waals surface area contributed by atoms with Crippen LogP contribution in [-0.2, 0) is 23.8 Å². The second kappa shape index (κ2) is 19.0. The van der Waals surface area contributed by atoms with Crippen molar-refractivity contribution in [1.29, 1.82) is 0 Å². The summed E-state index contributed by atoms with van der Waals surface area (Å²) in [4.78, 5) is 42.7. The summed E-state index contributed by atoms with van der Waals surface area (Å²) in [6.07, 6.45) is 10.3. The van der Waals surface area contributed by atoms with Crippen LogP contribution in [0.1, 0.15) is 70.0 Å². The van der Waals surface area contributed by atoms with Crippen LogP contribution in [0.4, 0.5) is 5.69 Å². The van der Waals surface area contributed by atoms with Crippen LogP contribution >= 0.6 is 0 Å². The molecule has 9 unspecified atom stereocenters. The molecule has 0 aromatic heterocycles. The maximum absolute atomic E-state index is 14.5. The normalized spacial score (nSPS) is 31.2. The first-order valence-electron chi connectivity index (χ1n) is 20.3. The Kier molecular flexibility index (Phi) is 14.5. The van der Waals surface area contributed by atoms with Crippen molar-refractivity contribution < 1.29 is 58.9 Å². The number of Topliss-reactive ketones (excluding diaryl/α,β-unsaturated/α-hetero) is 1. The van der Waals surface area contributed by atoms with Crippen LogP contribution in [0.25, 0.3) is 10.8 Å². The molecule has 9 atom stereocenters. The molecule has 16 nitrogen and oxygen atoms in total. The lowest BCUT2D eigenvalue weighted by molar-refractivity contribution is -0.160. The van der Waals surface area contributed by atoms with Gasteiger partial charge in [-0.05, 0) is 19.9 Å². The minimum absolute atomic E-state index is 0.0443. The van der Waals surface area contributed by atoms with Crippen molar-refractivity contribution in [2.45, 2.75) is 85.6 Å². The number of hydrogen-bond donors (Lipinski definition) is 6. The average Bonchev–Trinajstić information content (AvgIpc) is 3.49. The highest BCUT2D eigenvalue weighted by molar-refractivity contribution is 6.23. The fraction of sp³-hybridized carbons (Fsp3) is 0.511. The molecule has 6 rings (SSSR count). The number of carbonyl (C=O) groups excluding carboxylic acids is 3. The lowest BCUT2D eigenvalue weighted by atomic mass is 9.78. The molecule has 61 heavy (non-hydrogen) atoms. The minimum atomic E-state index is -2.06. The van der Waals surface area contributed by atoms with Crippen LogP contribution in [-0.4, -0.2) is 129 Å². The van der Waals surface area contributed by atoms with Gasteiger partial charge in [0.15, 0.2) is 5.75 Å². The number of amides is 1. The van der Waals surface area contributed by atoms with E-state index in [-0.39, 0.29) is 44.5 Å². The van der Waals surface area contributed by atoms with Gasteiger partial charge in [0.1, 0.15) is 23.4 Å². The van der Waals surface area contributed by atoms with Gasteiger partial charge in [0.25, 0.3) is 11.7 Å². The number of hydrazone groups is 1. The van der Waals surface area contributed by atoms with Crippen LogP contribution in [0.2, 0.25) is 0 Å². The lowest BCUT2D eigenvalue weighted by Gasteiger charge is -2.38. The number of anilines is 1. The number of piperazine rings is 1. The van der Waals surface area contributed by atoms with Gasteiger partial charge in [0.2, 0.25) is 0 Å². The van der Waals surface area contributed by atoms with Gasteiger partial charge in [-0.25, -0.2) is 0 Å². The van der Waals surface area contributed by atoms with Gasteiger partial charge >= 0.3 is 11.8 Å². The smallest absolute Gasteiger partial charge is 0.312 e. The van der Waals surface area contributed by atoms with Crippen molar-refractivity contribution >= 4 is 40.3 Å². The quantitative estimate of drug-likeness (QED) is 0.0811. The fourth-order valence-electron chi connectivity index (χ4n) is 8.15. The lowest BCUT2D eigenvalue weighted by Crippen LogP contribution is -2.46. The first-order valence-corrected chi connectivity index (χ1v) is 20.3. The zero-order valence-corrected chi connectivity index (χ0v) is 36.1. The number of esters is 1. The molecule has 1 saturated heterocycles. The molecule has 0 aliphatic carbocycles. The number of aromatic hydroxyl groups is 3. The van der Waals surface area contributed by atoms with Crippen LogP contribution in [0, 0.1) is 42.9 Å². The van der Waals surface area contributed by atoms with Crippen molar-refractivity contribution in [2.24, 2.45) is 28.8 Å². The molecule has 16 heteroatoms. The summed E-state index contributed by atoms with van der Waals surface area (Å²) < 4.78 is 23.6. The Morgan fingerprint density at radius 1 is 1.00 bits per heavy atom. The Labute approximate surface area is 356 Å². The number of nitrogens with zero attached hydrogens (tertiary/aromatic N) is 3. The molecule has 4 aliphatic rings. The summed E-state index contributed by atoms with van der Waals surface area (Å²) in [6.45, 7) is 15.1. The maximum atomic E-state index is 14.5. The van der Waals surface area contributed by atoms with Gasteiger partial charge in [0, 0.05) is 87.3 Å². The number of terminal acetylenes is 1. The van der Waals surface area contributed by atoms with Crippen molar-refractivity contribution in [3.05, 3.63) is 52.8 Å². The van der Waals surface area contributed by atoms with Crippen molar-refractivity contribution in [2.75, 3.05) is 45.2 Å². The van der Waals surface area contributed by atoms with E-state index in [9.17, 15) is 39.9 Å². The Morgan fingerprint density at radius 2 is 1.67 bits per heavy atom. The van der Waals surface area contributed by atoms with E-state index in [0.717, 1.165) is 0 Å². The van der Waals surface area contributed by atoms with E-state index >= 15 is 0 Å². The highest BCUT2D eigenvalue weighted by Crippen LogP contribution is 2.55. The summed E-state index contributed by atoms with van der Waals surface area (Å²) >= 11 is 0. The Balaban J connectivity index is 1.69. The minimum Gasteiger partial charge on any atom is -0.507 e. The second-order valence-corrected chi connectivity index (χ2v) is 16.3. The van der Waals surface area contributed by atoms with E-state index in [1.54, 1.807) is 44.9 Å². The third kappa shape index (κ3) is 9.35. The molecule has 1 fully saturated rings. The first kappa shape index (κ1) is 46.5. The topological polar surface area (TPSA) is 220 Å². The van der Waals surface area contributed by atoms with Crippen LogP contribution < -0.4 is 10.1 Å².